The van der Waals surface area contributed by atoms with E-state index in [0.717, 1.165) is 5.56 Å². The van der Waals surface area contributed by atoms with E-state index in [0.29, 0.717) is 49.4 Å². The van der Waals surface area contributed by atoms with Gasteiger partial charge in [-0.25, -0.2) is 0 Å². The van der Waals surface area contributed by atoms with Crippen LogP contribution in [0.5, 0.6) is 5.75 Å². The highest BCUT2D eigenvalue weighted by Gasteiger charge is 2.10. The Balaban J connectivity index is 1.94. The van der Waals surface area contributed by atoms with Gasteiger partial charge in [-0.3, -0.25) is 0 Å². The van der Waals surface area contributed by atoms with E-state index in [1.54, 1.807) is 26.4 Å². The summed E-state index contributed by atoms with van der Waals surface area (Å²) in [5, 5.41) is 3.91. The molecule has 21 heavy (non-hydrogen) atoms. The van der Waals surface area contributed by atoms with Gasteiger partial charge in [0.05, 0.1) is 32.6 Å². The lowest BCUT2D eigenvalue weighted by molar-refractivity contribution is 0.0714. The maximum atomic E-state index is 5.86. The first-order valence-corrected chi connectivity index (χ1v) is 6.57. The molecule has 0 spiro atoms. The van der Waals surface area contributed by atoms with Crippen molar-refractivity contribution in [1.29, 1.82) is 0 Å². The third-order valence-electron chi connectivity index (χ3n) is 2.85. The molecule has 2 rings (SSSR count). The van der Waals surface area contributed by atoms with Gasteiger partial charge in [0, 0.05) is 19.1 Å². The van der Waals surface area contributed by atoms with Crippen molar-refractivity contribution in [2.45, 2.75) is 6.42 Å². The first-order chi connectivity index (χ1) is 10.2. The summed E-state index contributed by atoms with van der Waals surface area (Å²) in [5.74, 6) is 1.64. The molecule has 0 unspecified atom stereocenters. The predicted molar refractivity (Wildman–Crippen MR) is 77.1 cm³/mol. The summed E-state index contributed by atoms with van der Waals surface area (Å²) in [6.45, 7) is 1.64. The Morgan fingerprint density at radius 3 is 2.76 bits per heavy atom. The molecule has 0 aliphatic rings. The maximum absolute atomic E-state index is 5.86. The predicted octanol–water partition coefficient (Wildman–Crippen LogP) is 1.53. The van der Waals surface area contributed by atoms with Crippen molar-refractivity contribution >= 4 is 5.69 Å². The van der Waals surface area contributed by atoms with Crippen LogP contribution in [0.3, 0.4) is 0 Å². The Hall–Kier alpha value is -2.12. The number of anilines is 1. The van der Waals surface area contributed by atoms with Crippen LogP contribution in [0, 0.1) is 0 Å². The third kappa shape index (κ3) is 4.17. The first-order valence-electron chi connectivity index (χ1n) is 6.57. The molecule has 0 aliphatic heterocycles. The molecule has 0 fully saturated rings. The smallest absolute Gasteiger partial charge is 0.258 e. The maximum Gasteiger partial charge on any atom is 0.258 e. The van der Waals surface area contributed by atoms with Crippen LogP contribution in [0.4, 0.5) is 5.69 Å². The molecule has 0 radical (unpaired) electrons. The van der Waals surface area contributed by atoms with Crippen LogP contribution in [0.1, 0.15) is 5.82 Å². The van der Waals surface area contributed by atoms with E-state index in [4.69, 9.17) is 24.5 Å². The second kappa shape index (κ2) is 7.61. The zero-order valence-electron chi connectivity index (χ0n) is 12.2. The highest BCUT2D eigenvalue weighted by atomic mass is 16.5. The molecule has 0 atom stereocenters. The lowest BCUT2D eigenvalue weighted by atomic mass is 10.2. The van der Waals surface area contributed by atoms with Gasteiger partial charge in [0.25, 0.3) is 5.89 Å². The Morgan fingerprint density at radius 1 is 1.19 bits per heavy atom. The van der Waals surface area contributed by atoms with Gasteiger partial charge in [0.1, 0.15) is 5.75 Å². The number of nitrogens with zero attached hydrogens (tertiary/aromatic N) is 2. The molecule has 2 aromatic rings. The molecule has 0 aliphatic carbocycles. The molecule has 2 N–H and O–H groups in total. The number of benzene rings is 1. The van der Waals surface area contributed by atoms with E-state index >= 15 is 0 Å². The van der Waals surface area contributed by atoms with Crippen LogP contribution in [0.2, 0.25) is 0 Å². The minimum absolute atomic E-state index is 0.427. The number of hydrogen-bond donors (Lipinski definition) is 1. The molecule has 0 saturated carbocycles. The van der Waals surface area contributed by atoms with Gasteiger partial charge >= 0.3 is 0 Å². The fourth-order valence-corrected chi connectivity index (χ4v) is 1.75. The summed E-state index contributed by atoms with van der Waals surface area (Å²) in [6, 6.07) is 5.33. The summed E-state index contributed by atoms with van der Waals surface area (Å²) in [5.41, 5.74) is 7.14. The number of nitrogens with two attached hydrogens (primary N) is 1. The van der Waals surface area contributed by atoms with Crippen molar-refractivity contribution < 1.29 is 18.7 Å². The van der Waals surface area contributed by atoms with E-state index < -0.39 is 0 Å². The molecule has 0 bridgehead atoms. The second-order valence-corrected chi connectivity index (χ2v) is 4.33. The quantitative estimate of drug-likeness (QED) is 0.582. The first kappa shape index (κ1) is 15.3. The van der Waals surface area contributed by atoms with Gasteiger partial charge in [0.15, 0.2) is 5.82 Å². The zero-order valence-corrected chi connectivity index (χ0v) is 12.2. The van der Waals surface area contributed by atoms with Gasteiger partial charge in [0.2, 0.25) is 0 Å². The number of ether oxygens (including phenoxy) is 3. The lowest BCUT2D eigenvalue weighted by Crippen LogP contribution is -2.05. The standard InChI is InChI=1S/C14H19N3O4/c1-18-7-8-20-6-5-13-16-14(21-17-13)10-3-4-12(19-2)11(15)9-10/h3-4,9H,5-8,15H2,1-2H3. The summed E-state index contributed by atoms with van der Waals surface area (Å²) in [4.78, 5) is 4.31. The van der Waals surface area contributed by atoms with E-state index in [1.165, 1.54) is 0 Å². The van der Waals surface area contributed by atoms with Crippen LogP contribution in [-0.4, -0.2) is 44.2 Å². The topological polar surface area (TPSA) is 92.6 Å². The van der Waals surface area contributed by atoms with Crippen molar-refractivity contribution in [2.75, 3.05) is 39.8 Å². The fourth-order valence-electron chi connectivity index (χ4n) is 1.75. The van der Waals surface area contributed by atoms with Crippen LogP contribution in [0.15, 0.2) is 22.7 Å². The molecule has 1 aromatic carbocycles. The summed E-state index contributed by atoms with van der Waals surface area (Å²) in [6.07, 6.45) is 0.582. The molecule has 7 heteroatoms. The van der Waals surface area contributed by atoms with E-state index in [2.05, 4.69) is 10.1 Å². The Labute approximate surface area is 123 Å². The normalized spacial score (nSPS) is 10.8. The molecule has 1 heterocycles. The van der Waals surface area contributed by atoms with E-state index in [9.17, 15) is 0 Å². The van der Waals surface area contributed by atoms with E-state index in [-0.39, 0.29) is 0 Å². The summed E-state index contributed by atoms with van der Waals surface area (Å²) in [7, 11) is 3.20. The fraction of sp³-hybridized carbons (Fsp3) is 0.429. The Morgan fingerprint density at radius 2 is 2.05 bits per heavy atom. The molecule has 0 amide bonds. The van der Waals surface area contributed by atoms with Crippen molar-refractivity contribution in [3.63, 3.8) is 0 Å². The monoisotopic (exact) mass is 293 g/mol. The number of aromatic nitrogens is 2. The minimum atomic E-state index is 0.427. The molecular weight excluding hydrogens is 274 g/mol. The van der Waals surface area contributed by atoms with E-state index in [1.807, 2.05) is 6.07 Å². The molecule has 1 aromatic heterocycles. The van der Waals surface area contributed by atoms with Gasteiger partial charge in [-0.05, 0) is 18.2 Å². The average molecular weight is 293 g/mol. The largest absolute Gasteiger partial charge is 0.495 e. The van der Waals surface area contributed by atoms with Crippen LogP contribution < -0.4 is 10.5 Å². The summed E-state index contributed by atoms with van der Waals surface area (Å²) >= 11 is 0. The van der Waals surface area contributed by atoms with Crippen molar-refractivity contribution in [3.8, 4) is 17.2 Å². The zero-order chi connectivity index (χ0) is 15.1. The third-order valence-corrected chi connectivity index (χ3v) is 2.85. The highest BCUT2D eigenvalue weighted by Crippen LogP contribution is 2.27. The summed E-state index contributed by atoms with van der Waals surface area (Å²) < 4.78 is 20.6. The number of rotatable bonds is 8. The van der Waals surface area contributed by atoms with Crippen molar-refractivity contribution in [1.82, 2.24) is 10.1 Å². The van der Waals surface area contributed by atoms with Gasteiger partial charge in [-0.1, -0.05) is 5.16 Å². The lowest BCUT2D eigenvalue weighted by Gasteiger charge is -2.04. The van der Waals surface area contributed by atoms with Gasteiger partial charge in [-0.15, -0.1) is 0 Å². The highest BCUT2D eigenvalue weighted by molar-refractivity contribution is 5.65. The molecule has 0 saturated heterocycles. The Kier molecular flexibility index (Phi) is 5.53. The van der Waals surface area contributed by atoms with Gasteiger partial charge in [-0.2, -0.15) is 4.98 Å². The second-order valence-electron chi connectivity index (χ2n) is 4.33. The number of hydrogen-bond acceptors (Lipinski definition) is 7. The molecule has 7 nitrogen and oxygen atoms in total. The van der Waals surface area contributed by atoms with Crippen LogP contribution in [-0.2, 0) is 15.9 Å². The van der Waals surface area contributed by atoms with Crippen LogP contribution >= 0.6 is 0 Å². The van der Waals surface area contributed by atoms with Crippen LogP contribution in [0.25, 0.3) is 11.5 Å². The number of methoxy groups -OCH3 is 2. The SMILES string of the molecule is COCCOCCc1noc(-c2ccc(OC)c(N)c2)n1. The van der Waals surface area contributed by atoms with Gasteiger partial charge < -0.3 is 24.5 Å². The molecular formula is C14H19N3O4. The minimum Gasteiger partial charge on any atom is -0.495 e. The number of nitrogen functional groups attached to an aromatic ring is 1. The average Bonchev–Trinajstić information content (AvgIpc) is 2.96. The Bertz CT molecular complexity index is 571. The van der Waals surface area contributed by atoms with Crippen molar-refractivity contribution in [3.05, 3.63) is 24.0 Å². The van der Waals surface area contributed by atoms with Crippen molar-refractivity contribution in [2.24, 2.45) is 0 Å². The molecule has 114 valence electrons.